The third-order valence-corrected chi connectivity index (χ3v) is 10.3. The van der Waals surface area contributed by atoms with Crippen molar-refractivity contribution < 1.29 is 33.8 Å². The van der Waals surface area contributed by atoms with Gasteiger partial charge in [-0.1, -0.05) is 71.8 Å². The van der Waals surface area contributed by atoms with Gasteiger partial charge in [0.15, 0.2) is 0 Å². The second-order valence-electron chi connectivity index (χ2n) is 12.6. The average Bonchev–Trinajstić information content (AvgIpc) is 3.63. The van der Waals surface area contributed by atoms with Gasteiger partial charge in [0, 0.05) is 37.0 Å². The topological polar surface area (TPSA) is 125 Å². The lowest BCUT2D eigenvalue weighted by atomic mass is 9.70. The summed E-state index contributed by atoms with van der Waals surface area (Å²) in [5, 5.41) is 12.6. The number of allylic oxidation sites excluding steroid dienone is 1. The fraction of sp³-hybridized carbons (Fsp3) is 0.600. The molecule has 10 nitrogen and oxygen atoms in total. The maximum Gasteiger partial charge on any atom is 0.313 e. The molecular weight excluding hydrogens is 654 g/mol. The highest BCUT2D eigenvalue weighted by molar-refractivity contribution is 9.09. The number of hydrogen-bond donors (Lipinski definition) is 2. The number of nitrogens with one attached hydrogen (secondary N) is 1. The highest BCUT2D eigenvalue weighted by atomic mass is 79.9. The van der Waals surface area contributed by atoms with Crippen molar-refractivity contribution in [3.8, 4) is 0 Å². The van der Waals surface area contributed by atoms with Crippen molar-refractivity contribution in [2.24, 2.45) is 11.8 Å². The molecule has 2 N–H and O–H groups in total. The van der Waals surface area contributed by atoms with Gasteiger partial charge in [-0.05, 0) is 45.1 Å². The number of carbonyl (C=O) groups is 4. The second-order valence-corrected chi connectivity index (χ2v) is 13.8. The zero-order valence-corrected chi connectivity index (χ0v) is 28.7. The van der Waals surface area contributed by atoms with Crippen molar-refractivity contribution >= 4 is 39.6 Å². The molecule has 0 aliphatic carbocycles. The Morgan fingerprint density at radius 2 is 1.96 bits per heavy atom. The highest BCUT2D eigenvalue weighted by Gasteiger charge is 2.77. The summed E-state index contributed by atoms with van der Waals surface area (Å²) in [5.41, 5.74) is -0.550. The number of alkyl halides is 1. The predicted octanol–water partition coefficient (Wildman–Crippen LogP) is 4.08. The van der Waals surface area contributed by atoms with Crippen molar-refractivity contribution in [1.29, 1.82) is 0 Å². The van der Waals surface area contributed by atoms with Crippen LogP contribution in [0, 0.1) is 11.8 Å². The lowest BCUT2D eigenvalue weighted by molar-refractivity contribution is -0.162. The number of fused-ring (bicyclic) bond motifs is 1. The summed E-state index contributed by atoms with van der Waals surface area (Å²) in [7, 11) is 0. The van der Waals surface area contributed by atoms with Gasteiger partial charge >= 0.3 is 5.97 Å². The largest absolute Gasteiger partial charge is 0.455 e. The molecule has 3 fully saturated rings. The Labute approximate surface area is 280 Å². The Kier molecular flexibility index (Phi) is 12.2. The molecule has 4 rings (SSSR count). The van der Waals surface area contributed by atoms with Crippen LogP contribution in [-0.2, 0) is 28.7 Å². The molecular formula is C35H48BrN3O7. The maximum atomic E-state index is 14.5. The van der Waals surface area contributed by atoms with Gasteiger partial charge in [-0.25, -0.2) is 0 Å². The van der Waals surface area contributed by atoms with Gasteiger partial charge in [0.2, 0.25) is 17.7 Å². The number of aliphatic hydroxyl groups excluding tert-OH is 1. The normalized spacial score (nSPS) is 28.2. The van der Waals surface area contributed by atoms with E-state index in [9.17, 15) is 24.3 Å². The quantitative estimate of drug-likeness (QED) is 0.143. The van der Waals surface area contributed by atoms with Gasteiger partial charge in [0.1, 0.15) is 17.7 Å². The van der Waals surface area contributed by atoms with Crippen LogP contribution in [0.15, 0.2) is 55.6 Å². The van der Waals surface area contributed by atoms with E-state index in [1.807, 2.05) is 37.3 Å². The van der Waals surface area contributed by atoms with E-state index in [2.05, 4.69) is 41.3 Å². The summed E-state index contributed by atoms with van der Waals surface area (Å²) in [6.45, 7) is 13.6. The van der Waals surface area contributed by atoms with Gasteiger partial charge in [-0.3, -0.25) is 19.2 Å². The Morgan fingerprint density at radius 1 is 1.24 bits per heavy atom. The summed E-state index contributed by atoms with van der Waals surface area (Å²) in [4.78, 5) is 58.6. The molecule has 3 saturated heterocycles. The van der Waals surface area contributed by atoms with E-state index in [4.69, 9.17) is 9.47 Å². The van der Waals surface area contributed by atoms with Crippen LogP contribution in [0.1, 0.15) is 71.0 Å². The lowest BCUT2D eigenvalue weighted by Gasteiger charge is -2.39. The summed E-state index contributed by atoms with van der Waals surface area (Å²) < 4.78 is 12.9. The van der Waals surface area contributed by atoms with Crippen LogP contribution in [-0.4, -0.2) is 93.0 Å². The number of aliphatic hydroxyl groups is 1. The first-order valence-electron chi connectivity index (χ1n) is 16.4. The van der Waals surface area contributed by atoms with Crippen LogP contribution < -0.4 is 5.32 Å². The van der Waals surface area contributed by atoms with Gasteiger partial charge in [0.25, 0.3) is 0 Å². The van der Waals surface area contributed by atoms with Crippen molar-refractivity contribution in [3.63, 3.8) is 0 Å². The summed E-state index contributed by atoms with van der Waals surface area (Å²) in [6, 6.07) is 7.53. The van der Waals surface area contributed by atoms with Crippen molar-refractivity contribution in [2.75, 3.05) is 19.7 Å². The molecule has 3 heterocycles. The maximum absolute atomic E-state index is 14.5. The zero-order valence-electron chi connectivity index (χ0n) is 27.1. The number of likely N-dealkylation sites (tertiary alicyclic amines) is 1. The van der Waals surface area contributed by atoms with Crippen molar-refractivity contribution in [2.45, 2.75) is 100 Å². The minimum atomic E-state index is -1.25. The molecule has 2 unspecified atom stereocenters. The van der Waals surface area contributed by atoms with E-state index in [1.165, 1.54) is 4.90 Å². The van der Waals surface area contributed by atoms with Crippen LogP contribution >= 0.6 is 15.9 Å². The fourth-order valence-electron chi connectivity index (χ4n) is 7.46. The zero-order chi connectivity index (χ0) is 33.6. The molecule has 1 aromatic rings. The first kappa shape index (κ1) is 35.8. The fourth-order valence-corrected chi connectivity index (χ4v) is 8.40. The summed E-state index contributed by atoms with van der Waals surface area (Å²) in [5.74, 6) is -3.32. The van der Waals surface area contributed by atoms with E-state index < -0.39 is 47.7 Å². The van der Waals surface area contributed by atoms with E-state index >= 15 is 0 Å². The Hall–Kier alpha value is -3.02. The predicted molar refractivity (Wildman–Crippen MR) is 178 cm³/mol. The number of benzene rings is 1. The van der Waals surface area contributed by atoms with Crippen molar-refractivity contribution in [3.05, 3.63) is 61.2 Å². The summed E-state index contributed by atoms with van der Waals surface area (Å²) in [6.07, 6.45) is 4.89. The van der Waals surface area contributed by atoms with E-state index in [1.54, 1.807) is 24.0 Å². The molecule has 9 atom stereocenters. The minimum Gasteiger partial charge on any atom is -0.455 e. The van der Waals surface area contributed by atoms with Gasteiger partial charge in [0.05, 0.1) is 24.0 Å². The number of halogens is 1. The van der Waals surface area contributed by atoms with Crippen LogP contribution in [0.2, 0.25) is 0 Å². The molecule has 3 aliphatic heterocycles. The van der Waals surface area contributed by atoms with E-state index in [-0.39, 0.29) is 54.6 Å². The summed E-state index contributed by atoms with van der Waals surface area (Å²) >= 11 is 3.71. The Bertz CT molecular complexity index is 1280. The van der Waals surface area contributed by atoms with Crippen molar-refractivity contribution in [1.82, 2.24) is 15.1 Å². The van der Waals surface area contributed by atoms with Gasteiger partial charge in [-0.15, -0.1) is 13.2 Å². The van der Waals surface area contributed by atoms with Gasteiger partial charge in [-0.2, -0.15) is 0 Å². The van der Waals surface area contributed by atoms with Crippen LogP contribution in [0.3, 0.4) is 0 Å². The Balaban J connectivity index is 1.69. The van der Waals surface area contributed by atoms with E-state index in [0.717, 1.165) is 12.8 Å². The monoisotopic (exact) mass is 701 g/mol. The number of nitrogens with zero attached hydrogens (tertiary/aromatic N) is 2. The number of hydrogen-bond acceptors (Lipinski definition) is 7. The molecule has 0 aromatic heterocycles. The number of amides is 3. The first-order chi connectivity index (χ1) is 22.1. The molecule has 3 aliphatic rings. The lowest BCUT2D eigenvalue weighted by Crippen LogP contribution is -2.58. The first-order valence-corrected chi connectivity index (χ1v) is 17.3. The molecule has 46 heavy (non-hydrogen) atoms. The molecule has 2 bridgehead atoms. The second kappa shape index (κ2) is 15.7. The molecule has 0 radical (unpaired) electrons. The number of esters is 1. The molecule has 11 heteroatoms. The molecule has 1 spiro atoms. The third-order valence-electron chi connectivity index (χ3n) is 9.49. The number of rotatable bonds is 17. The minimum absolute atomic E-state index is 0.102. The molecule has 0 saturated carbocycles. The van der Waals surface area contributed by atoms with Crippen LogP contribution in [0.5, 0.6) is 0 Å². The Morgan fingerprint density at radius 3 is 2.59 bits per heavy atom. The number of ether oxygens (including phenoxy) is 2. The smallest absolute Gasteiger partial charge is 0.313 e. The standard InChI is InChI=1S/C35H48BrN3O7/c1-6-9-17-26(41)37-23(5)29(24-15-11-10-12-16-24)45-34(44)27-28-32(42)39(19-13-20-40)31(35(28)21-25(36)30(27)46-35)33(43)38(18-8-3)22(4)14-7-2/h6,8,10-12,15-16,22-23,25,27-31,40H,1,3,7,9,13-14,17-21H2,2,4-5H3,(H,37,41)/t22?,23-,25?,27+,28-,29-,30+,31+,35-/m1/s1. The molecule has 252 valence electrons. The SMILES string of the molecule is C=CCCC(=O)N[C@H](C)[C@@H](OC(=O)[C@@H]1[C@H]2O[C@@]3(CC2Br)[C@H](C(=O)N(CC=C)C(C)CCC)N(CCCO)C(=O)[C@@H]13)c1ccccc1. The third kappa shape index (κ3) is 6.96. The number of carbonyl (C=O) groups excluding carboxylic acids is 4. The molecule has 3 amide bonds. The molecule has 1 aromatic carbocycles. The van der Waals surface area contributed by atoms with E-state index in [0.29, 0.717) is 24.9 Å². The van der Waals surface area contributed by atoms with Crippen LogP contribution in [0.25, 0.3) is 0 Å². The highest BCUT2D eigenvalue weighted by Crippen LogP contribution is 2.60. The van der Waals surface area contributed by atoms with Crippen LogP contribution in [0.4, 0.5) is 0 Å². The average molecular weight is 703 g/mol. The van der Waals surface area contributed by atoms with Gasteiger partial charge < -0.3 is 29.7 Å².